The van der Waals surface area contributed by atoms with Crippen molar-refractivity contribution in [1.82, 2.24) is 29.4 Å². The second-order valence-corrected chi connectivity index (χ2v) is 9.13. The van der Waals surface area contributed by atoms with Crippen molar-refractivity contribution < 1.29 is 4.79 Å². The van der Waals surface area contributed by atoms with E-state index in [2.05, 4.69) is 44.5 Å². The molecule has 1 aliphatic heterocycles. The molecule has 8 nitrogen and oxygen atoms in total. The average Bonchev–Trinajstić information content (AvgIpc) is 3.59. The monoisotopic (exact) mass is 483 g/mol. The van der Waals surface area contributed by atoms with E-state index in [-0.39, 0.29) is 5.91 Å². The zero-order chi connectivity index (χ0) is 23.8. The molecule has 0 saturated carbocycles. The number of nitrogens with zero attached hydrogens (tertiary/aromatic N) is 4. The van der Waals surface area contributed by atoms with E-state index in [0.717, 1.165) is 70.6 Å². The highest BCUT2D eigenvalue weighted by Gasteiger charge is 2.21. The number of carbonyl (C=O) groups excluding carboxylic acids is 1. The molecule has 35 heavy (non-hydrogen) atoms. The van der Waals surface area contributed by atoms with Gasteiger partial charge in [-0.25, -0.2) is 4.98 Å². The van der Waals surface area contributed by atoms with E-state index >= 15 is 0 Å². The van der Waals surface area contributed by atoms with E-state index < -0.39 is 0 Å². The van der Waals surface area contributed by atoms with E-state index in [1.54, 1.807) is 6.33 Å². The molecule has 0 atom stereocenters. The third kappa shape index (κ3) is 3.97. The zero-order valence-corrected chi connectivity index (χ0v) is 19.9. The maximum Gasteiger partial charge on any atom is 0.222 e. The Hall–Kier alpha value is -3.98. The number of likely N-dealkylation sites (tertiary alicyclic amines) is 1. The summed E-state index contributed by atoms with van der Waals surface area (Å²) in [6.07, 6.45) is 5.99. The number of nitrogens with one attached hydrogen (secondary N) is 3. The molecular formula is C26H25N7OS. The van der Waals surface area contributed by atoms with E-state index in [0.29, 0.717) is 17.7 Å². The zero-order valence-electron chi connectivity index (χ0n) is 19.1. The van der Waals surface area contributed by atoms with E-state index in [1.165, 1.54) is 0 Å². The van der Waals surface area contributed by atoms with Crippen LogP contribution in [-0.2, 0) is 4.79 Å². The summed E-state index contributed by atoms with van der Waals surface area (Å²) >= 11 is 5.82. The Morgan fingerprint density at radius 2 is 2.03 bits per heavy atom. The number of aromatic amines is 2. The summed E-state index contributed by atoms with van der Waals surface area (Å²) in [5.41, 5.74) is 5.59. The van der Waals surface area contributed by atoms with Crippen LogP contribution >= 0.6 is 12.2 Å². The lowest BCUT2D eigenvalue weighted by Crippen LogP contribution is -2.27. The largest absolute Gasteiger partial charge is 0.370 e. The number of aromatic nitrogens is 5. The Labute approximate surface area is 207 Å². The van der Waals surface area contributed by atoms with Crippen LogP contribution in [0.1, 0.15) is 19.3 Å². The topological polar surface area (TPSA) is 94.6 Å². The molecule has 0 radical (unpaired) electrons. The molecule has 3 N–H and O–H groups in total. The summed E-state index contributed by atoms with van der Waals surface area (Å²) in [4.78, 5) is 29.5. The molecule has 1 saturated heterocycles. The highest BCUT2D eigenvalue weighted by atomic mass is 32.1. The highest BCUT2D eigenvalue weighted by Crippen LogP contribution is 2.35. The molecule has 1 fully saturated rings. The lowest BCUT2D eigenvalue weighted by molar-refractivity contribution is -0.127. The first kappa shape index (κ1) is 21.5. The molecule has 0 bridgehead atoms. The van der Waals surface area contributed by atoms with Crippen LogP contribution in [0.25, 0.3) is 38.9 Å². The summed E-state index contributed by atoms with van der Waals surface area (Å²) in [6, 6.07) is 16.3. The molecule has 4 heterocycles. The normalized spacial score (nSPS) is 13.8. The van der Waals surface area contributed by atoms with Gasteiger partial charge in [0.05, 0.1) is 34.3 Å². The van der Waals surface area contributed by atoms with Gasteiger partial charge in [0, 0.05) is 43.2 Å². The van der Waals surface area contributed by atoms with Crippen LogP contribution in [-0.4, -0.2) is 54.9 Å². The number of amides is 1. The van der Waals surface area contributed by atoms with Gasteiger partial charge in [-0.1, -0.05) is 24.3 Å². The lowest BCUT2D eigenvalue weighted by Gasteiger charge is -2.16. The van der Waals surface area contributed by atoms with Gasteiger partial charge >= 0.3 is 0 Å². The minimum absolute atomic E-state index is 0.257. The van der Waals surface area contributed by atoms with Crippen molar-refractivity contribution in [2.24, 2.45) is 0 Å². The fraction of sp³-hybridized carbons (Fsp3) is 0.231. The first-order valence-corrected chi connectivity index (χ1v) is 12.2. The van der Waals surface area contributed by atoms with Crippen molar-refractivity contribution in [2.45, 2.75) is 19.3 Å². The Kier molecular flexibility index (Phi) is 5.54. The van der Waals surface area contributed by atoms with Crippen molar-refractivity contribution in [1.29, 1.82) is 0 Å². The Bertz CT molecular complexity index is 1590. The number of rotatable bonds is 7. The summed E-state index contributed by atoms with van der Waals surface area (Å²) in [5.74, 6) is 1.10. The lowest BCUT2D eigenvalue weighted by atomic mass is 10.1. The first-order chi connectivity index (χ1) is 17.2. The number of hydrogen-bond acceptors (Lipinski definition) is 5. The number of imidazole rings is 2. The second kappa shape index (κ2) is 8.99. The van der Waals surface area contributed by atoms with Gasteiger partial charge in [-0.05, 0) is 49.3 Å². The standard InChI is InChI=1S/C26H25N7OS/c34-22-8-3-13-32(22)14-4-12-28-25-24(19-7-1-5-17-6-2-11-27-23(17)19)33(26(35)31-25)18-9-10-20-21(15-18)30-16-29-20/h1-2,5-7,9-11,15-16,28H,3-4,8,12-14H2,(H,29,30)(H,31,35). The molecular weight excluding hydrogens is 458 g/mol. The van der Waals surface area contributed by atoms with Gasteiger partial charge in [0.2, 0.25) is 5.91 Å². The van der Waals surface area contributed by atoms with E-state index in [4.69, 9.17) is 17.2 Å². The molecule has 176 valence electrons. The number of H-pyrrole nitrogens is 2. The predicted octanol–water partition coefficient (Wildman–Crippen LogP) is 5.05. The predicted molar refractivity (Wildman–Crippen MR) is 140 cm³/mol. The number of anilines is 1. The number of carbonyl (C=O) groups is 1. The van der Waals surface area contributed by atoms with E-state index in [1.807, 2.05) is 39.9 Å². The maximum absolute atomic E-state index is 11.9. The van der Waals surface area contributed by atoms with Gasteiger partial charge in [-0.15, -0.1) is 0 Å². The van der Waals surface area contributed by atoms with E-state index in [9.17, 15) is 4.79 Å². The van der Waals surface area contributed by atoms with Gasteiger partial charge in [0.25, 0.3) is 0 Å². The van der Waals surface area contributed by atoms with Crippen molar-refractivity contribution in [3.05, 3.63) is 65.8 Å². The Morgan fingerprint density at radius 1 is 1.11 bits per heavy atom. The number of para-hydroxylation sites is 1. The smallest absolute Gasteiger partial charge is 0.222 e. The number of hydrogen-bond donors (Lipinski definition) is 3. The number of pyridine rings is 1. The van der Waals surface area contributed by atoms with Crippen molar-refractivity contribution >= 4 is 45.9 Å². The average molecular weight is 484 g/mol. The van der Waals surface area contributed by atoms with Crippen molar-refractivity contribution in [3.8, 4) is 16.9 Å². The molecule has 0 unspecified atom stereocenters. The van der Waals surface area contributed by atoms with Crippen molar-refractivity contribution in [2.75, 3.05) is 25.0 Å². The minimum atomic E-state index is 0.257. The van der Waals surface area contributed by atoms with Gasteiger partial charge < -0.3 is 20.2 Å². The minimum Gasteiger partial charge on any atom is -0.370 e. The maximum atomic E-state index is 11.9. The SMILES string of the molecule is O=C1CCCN1CCCNc1[nH]c(=S)n(-c2ccc3nc[nH]c3c2)c1-c1cccc2cccnc12. The number of benzene rings is 2. The molecule has 0 spiro atoms. The molecule has 1 aliphatic rings. The molecule has 0 aliphatic carbocycles. The fourth-order valence-corrected chi connectivity index (χ4v) is 5.15. The second-order valence-electron chi connectivity index (χ2n) is 8.74. The Morgan fingerprint density at radius 3 is 2.91 bits per heavy atom. The molecule has 5 aromatic rings. The van der Waals surface area contributed by atoms with Gasteiger partial charge in [0.15, 0.2) is 4.77 Å². The van der Waals surface area contributed by atoms with Crippen LogP contribution < -0.4 is 5.32 Å². The van der Waals surface area contributed by atoms with Crippen LogP contribution in [0.5, 0.6) is 0 Å². The van der Waals surface area contributed by atoms with Gasteiger partial charge in [-0.3, -0.25) is 14.3 Å². The molecule has 6 rings (SSSR count). The number of fused-ring (bicyclic) bond motifs is 2. The quantitative estimate of drug-likeness (QED) is 0.222. The first-order valence-electron chi connectivity index (χ1n) is 11.8. The molecule has 9 heteroatoms. The van der Waals surface area contributed by atoms with Crippen LogP contribution in [0.3, 0.4) is 0 Å². The highest BCUT2D eigenvalue weighted by molar-refractivity contribution is 7.71. The summed E-state index contributed by atoms with van der Waals surface area (Å²) in [6.45, 7) is 2.33. The Balaban J connectivity index is 1.42. The van der Waals surface area contributed by atoms with Gasteiger partial charge in [0.1, 0.15) is 5.82 Å². The van der Waals surface area contributed by atoms with Crippen LogP contribution in [0, 0.1) is 4.77 Å². The summed E-state index contributed by atoms with van der Waals surface area (Å²) in [5, 5.41) is 4.61. The molecule has 2 aromatic carbocycles. The third-order valence-corrected chi connectivity index (χ3v) is 6.81. The summed E-state index contributed by atoms with van der Waals surface area (Å²) < 4.78 is 2.63. The van der Waals surface area contributed by atoms with Crippen molar-refractivity contribution in [3.63, 3.8) is 0 Å². The fourth-order valence-electron chi connectivity index (χ4n) is 4.85. The van der Waals surface area contributed by atoms with Gasteiger partial charge in [-0.2, -0.15) is 0 Å². The van der Waals surface area contributed by atoms with Crippen LogP contribution in [0.4, 0.5) is 5.82 Å². The third-order valence-electron chi connectivity index (χ3n) is 6.52. The molecule has 1 amide bonds. The van der Waals surface area contributed by atoms with Crippen LogP contribution in [0.2, 0.25) is 0 Å². The summed E-state index contributed by atoms with van der Waals surface area (Å²) in [7, 11) is 0. The molecule has 3 aromatic heterocycles. The van der Waals surface area contributed by atoms with Crippen LogP contribution in [0.15, 0.2) is 61.1 Å².